The maximum absolute atomic E-state index is 4.25. The molecular weight excluding hydrogens is 210 g/mol. The van der Waals surface area contributed by atoms with E-state index in [1.807, 2.05) is 7.05 Å². The number of rotatable bonds is 4. The fourth-order valence-electron chi connectivity index (χ4n) is 1.95. The molecule has 3 heteroatoms. The van der Waals surface area contributed by atoms with Crippen LogP contribution in [0.4, 0.5) is 0 Å². The number of hydrogen-bond acceptors (Lipinski definition) is 1. The predicted molar refractivity (Wildman–Crippen MR) is 75.3 cm³/mol. The molecule has 0 aliphatic heterocycles. The summed E-state index contributed by atoms with van der Waals surface area (Å²) in [6, 6.07) is 0.531. The Balaban J connectivity index is 2.15. The van der Waals surface area contributed by atoms with E-state index in [2.05, 4.69) is 48.5 Å². The van der Waals surface area contributed by atoms with Crippen molar-refractivity contribution >= 4 is 5.96 Å². The van der Waals surface area contributed by atoms with Crippen LogP contribution in [0.25, 0.3) is 0 Å². The van der Waals surface area contributed by atoms with Crippen molar-refractivity contribution in [2.24, 2.45) is 10.4 Å². The molecule has 0 unspecified atom stereocenters. The molecular formula is C14H27N3. The minimum Gasteiger partial charge on any atom is -0.356 e. The van der Waals surface area contributed by atoms with E-state index >= 15 is 0 Å². The third-order valence-electron chi connectivity index (χ3n) is 2.97. The molecule has 0 saturated carbocycles. The van der Waals surface area contributed by atoms with Crippen LogP contribution in [-0.4, -0.2) is 25.6 Å². The summed E-state index contributed by atoms with van der Waals surface area (Å²) in [5.41, 5.74) is 0.425. The number of nitrogens with zero attached hydrogens (tertiary/aromatic N) is 1. The normalized spacial score (nSPS) is 17.5. The second-order valence-corrected chi connectivity index (χ2v) is 5.95. The Morgan fingerprint density at radius 2 is 1.94 bits per heavy atom. The molecule has 3 nitrogen and oxygen atoms in total. The van der Waals surface area contributed by atoms with E-state index in [0.29, 0.717) is 11.5 Å². The van der Waals surface area contributed by atoms with Crippen LogP contribution in [0.5, 0.6) is 0 Å². The van der Waals surface area contributed by atoms with Gasteiger partial charge in [-0.15, -0.1) is 0 Å². The van der Waals surface area contributed by atoms with Gasteiger partial charge < -0.3 is 10.6 Å². The van der Waals surface area contributed by atoms with Crippen LogP contribution >= 0.6 is 0 Å². The Morgan fingerprint density at radius 3 is 2.47 bits per heavy atom. The van der Waals surface area contributed by atoms with Gasteiger partial charge >= 0.3 is 0 Å². The highest BCUT2D eigenvalue weighted by atomic mass is 15.2. The SMILES string of the molecule is CN=C(NCCCC(C)(C)C)NC1CC=CC1. The van der Waals surface area contributed by atoms with Crippen molar-refractivity contribution in [3.8, 4) is 0 Å². The zero-order valence-corrected chi connectivity index (χ0v) is 11.7. The molecule has 0 aromatic heterocycles. The van der Waals surface area contributed by atoms with E-state index in [1.165, 1.54) is 12.8 Å². The third-order valence-corrected chi connectivity index (χ3v) is 2.97. The van der Waals surface area contributed by atoms with Gasteiger partial charge in [0.1, 0.15) is 0 Å². The van der Waals surface area contributed by atoms with Gasteiger partial charge in [0, 0.05) is 19.6 Å². The molecule has 1 rings (SSSR count). The predicted octanol–water partition coefficient (Wildman–Crippen LogP) is 2.70. The van der Waals surface area contributed by atoms with Crippen LogP contribution in [0.15, 0.2) is 17.1 Å². The van der Waals surface area contributed by atoms with Gasteiger partial charge in [0.05, 0.1) is 0 Å². The van der Waals surface area contributed by atoms with E-state index in [1.54, 1.807) is 0 Å². The summed E-state index contributed by atoms with van der Waals surface area (Å²) in [6.45, 7) is 7.84. The number of hydrogen-bond donors (Lipinski definition) is 2. The minimum atomic E-state index is 0.425. The molecule has 0 heterocycles. The molecule has 1 aliphatic carbocycles. The molecule has 0 aromatic carbocycles. The zero-order chi connectivity index (χ0) is 12.7. The fourth-order valence-corrected chi connectivity index (χ4v) is 1.95. The monoisotopic (exact) mass is 237 g/mol. The van der Waals surface area contributed by atoms with Crippen molar-refractivity contribution in [2.75, 3.05) is 13.6 Å². The summed E-state index contributed by atoms with van der Waals surface area (Å²) in [4.78, 5) is 4.25. The third kappa shape index (κ3) is 6.35. The molecule has 0 fully saturated rings. The van der Waals surface area contributed by atoms with Gasteiger partial charge in [0.25, 0.3) is 0 Å². The van der Waals surface area contributed by atoms with Gasteiger partial charge in [-0.1, -0.05) is 32.9 Å². The molecule has 0 amide bonds. The average Bonchev–Trinajstić information content (AvgIpc) is 2.73. The lowest BCUT2D eigenvalue weighted by atomic mass is 9.91. The topological polar surface area (TPSA) is 36.4 Å². The molecule has 1 aliphatic rings. The van der Waals surface area contributed by atoms with Crippen LogP contribution in [0, 0.1) is 5.41 Å². The van der Waals surface area contributed by atoms with E-state index in [4.69, 9.17) is 0 Å². The van der Waals surface area contributed by atoms with Gasteiger partial charge in [-0.05, 0) is 31.1 Å². The molecule has 2 N–H and O–H groups in total. The van der Waals surface area contributed by atoms with E-state index in [0.717, 1.165) is 25.3 Å². The van der Waals surface area contributed by atoms with Crippen molar-refractivity contribution in [1.29, 1.82) is 0 Å². The molecule has 0 spiro atoms. The number of aliphatic imine (C=N–C) groups is 1. The van der Waals surface area contributed by atoms with Gasteiger partial charge in [0.2, 0.25) is 0 Å². The molecule has 0 aromatic rings. The summed E-state index contributed by atoms with van der Waals surface area (Å²) in [5, 5.41) is 6.82. The highest BCUT2D eigenvalue weighted by Gasteiger charge is 2.12. The standard InChI is InChI=1S/C14H27N3/c1-14(2,3)10-7-11-16-13(15-4)17-12-8-5-6-9-12/h5-6,12H,7-11H2,1-4H3,(H2,15,16,17). The maximum atomic E-state index is 4.25. The first kappa shape index (κ1) is 14.1. The summed E-state index contributed by atoms with van der Waals surface area (Å²) in [7, 11) is 1.83. The summed E-state index contributed by atoms with van der Waals surface area (Å²) in [5.74, 6) is 0.938. The molecule has 0 bridgehead atoms. The lowest BCUT2D eigenvalue weighted by molar-refractivity contribution is 0.365. The smallest absolute Gasteiger partial charge is 0.191 e. The largest absolute Gasteiger partial charge is 0.356 e. The quantitative estimate of drug-likeness (QED) is 0.341. The second kappa shape index (κ2) is 6.67. The Hall–Kier alpha value is -0.990. The Labute approximate surface area is 106 Å². The first-order chi connectivity index (χ1) is 8.01. The molecule has 17 heavy (non-hydrogen) atoms. The highest BCUT2D eigenvalue weighted by molar-refractivity contribution is 5.80. The summed E-state index contributed by atoms with van der Waals surface area (Å²) >= 11 is 0. The van der Waals surface area contributed by atoms with Gasteiger partial charge in [0.15, 0.2) is 5.96 Å². The zero-order valence-electron chi connectivity index (χ0n) is 11.7. The van der Waals surface area contributed by atoms with E-state index < -0.39 is 0 Å². The molecule has 0 saturated heterocycles. The molecule has 0 radical (unpaired) electrons. The maximum Gasteiger partial charge on any atom is 0.191 e. The van der Waals surface area contributed by atoms with E-state index in [9.17, 15) is 0 Å². The highest BCUT2D eigenvalue weighted by Crippen LogP contribution is 2.19. The number of nitrogens with one attached hydrogen (secondary N) is 2. The lowest BCUT2D eigenvalue weighted by Gasteiger charge is -2.20. The fraction of sp³-hybridized carbons (Fsp3) is 0.786. The van der Waals surface area contributed by atoms with Crippen LogP contribution in [0.1, 0.15) is 46.5 Å². The Kier molecular flexibility index (Phi) is 5.52. The first-order valence-electron chi connectivity index (χ1n) is 6.63. The lowest BCUT2D eigenvalue weighted by Crippen LogP contribution is -2.42. The summed E-state index contributed by atoms with van der Waals surface area (Å²) in [6.07, 6.45) is 9.11. The Bertz CT molecular complexity index is 266. The van der Waals surface area contributed by atoms with Crippen molar-refractivity contribution in [1.82, 2.24) is 10.6 Å². The number of guanidine groups is 1. The minimum absolute atomic E-state index is 0.425. The van der Waals surface area contributed by atoms with Crippen molar-refractivity contribution in [3.63, 3.8) is 0 Å². The van der Waals surface area contributed by atoms with Crippen LogP contribution in [-0.2, 0) is 0 Å². The molecule has 98 valence electrons. The van der Waals surface area contributed by atoms with Crippen molar-refractivity contribution in [2.45, 2.75) is 52.5 Å². The van der Waals surface area contributed by atoms with E-state index in [-0.39, 0.29) is 0 Å². The van der Waals surface area contributed by atoms with Crippen molar-refractivity contribution < 1.29 is 0 Å². The average molecular weight is 237 g/mol. The summed E-state index contributed by atoms with van der Waals surface area (Å²) < 4.78 is 0. The van der Waals surface area contributed by atoms with Crippen LogP contribution < -0.4 is 10.6 Å². The first-order valence-corrected chi connectivity index (χ1v) is 6.63. The van der Waals surface area contributed by atoms with Crippen LogP contribution in [0.2, 0.25) is 0 Å². The van der Waals surface area contributed by atoms with Gasteiger partial charge in [-0.2, -0.15) is 0 Å². The molecule has 0 atom stereocenters. The van der Waals surface area contributed by atoms with Gasteiger partial charge in [-0.3, -0.25) is 4.99 Å². The Morgan fingerprint density at radius 1 is 1.29 bits per heavy atom. The van der Waals surface area contributed by atoms with Crippen molar-refractivity contribution in [3.05, 3.63) is 12.2 Å². The van der Waals surface area contributed by atoms with Gasteiger partial charge in [-0.25, -0.2) is 0 Å². The second-order valence-electron chi connectivity index (χ2n) is 5.95. The van der Waals surface area contributed by atoms with Crippen LogP contribution in [0.3, 0.4) is 0 Å².